The number of nitrogens with one attached hydrogen (secondary N) is 1. The van der Waals surface area contributed by atoms with E-state index in [0.29, 0.717) is 28.5 Å². The number of thiophene rings is 1. The van der Waals surface area contributed by atoms with E-state index in [1.165, 1.54) is 11.8 Å². The molecule has 0 fully saturated rings. The van der Waals surface area contributed by atoms with E-state index >= 15 is 0 Å². The van der Waals surface area contributed by atoms with Crippen LogP contribution in [0.5, 0.6) is 0 Å². The van der Waals surface area contributed by atoms with Crippen LogP contribution in [0, 0.1) is 13.8 Å². The maximum Gasteiger partial charge on any atom is 0.270 e. The second-order valence-electron chi connectivity index (χ2n) is 6.84. The van der Waals surface area contributed by atoms with Crippen LogP contribution in [0.2, 0.25) is 0 Å². The summed E-state index contributed by atoms with van der Waals surface area (Å²) in [5, 5.41) is 14.4. The van der Waals surface area contributed by atoms with E-state index in [1.807, 2.05) is 49.6 Å². The fraction of sp³-hybridized carbons (Fsp3) is 0.190. The summed E-state index contributed by atoms with van der Waals surface area (Å²) in [6, 6.07) is 14.7. The number of aromatic nitrogens is 5. The minimum Gasteiger partial charge on any atom is -0.293 e. The number of carbonyl (C=O) groups excluding carboxylic acids is 2. The van der Waals surface area contributed by atoms with Gasteiger partial charge in [0, 0.05) is 27.4 Å². The minimum atomic E-state index is -0.233. The number of ketones is 1. The molecular formula is C21H20N6O2S2. The highest BCUT2D eigenvalue weighted by Gasteiger charge is 2.19. The Morgan fingerprint density at radius 2 is 1.94 bits per heavy atom. The molecule has 8 nitrogen and oxygen atoms in total. The van der Waals surface area contributed by atoms with E-state index in [2.05, 4.69) is 21.0 Å². The first-order valence-electron chi connectivity index (χ1n) is 9.53. The van der Waals surface area contributed by atoms with E-state index in [0.717, 1.165) is 10.6 Å². The van der Waals surface area contributed by atoms with Crippen molar-refractivity contribution in [1.82, 2.24) is 24.9 Å². The van der Waals surface area contributed by atoms with Gasteiger partial charge in [-0.15, -0.1) is 16.4 Å². The van der Waals surface area contributed by atoms with Crippen molar-refractivity contribution < 1.29 is 9.59 Å². The smallest absolute Gasteiger partial charge is 0.270 e. The number of hydrogen-bond acceptors (Lipinski definition) is 7. The Hall–Kier alpha value is -3.24. The molecule has 1 aromatic carbocycles. The molecule has 0 saturated carbocycles. The van der Waals surface area contributed by atoms with E-state index in [-0.39, 0.29) is 17.4 Å². The molecule has 10 heteroatoms. The third kappa shape index (κ3) is 4.75. The predicted molar refractivity (Wildman–Crippen MR) is 120 cm³/mol. The van der Waals surface area contributed by atoms with Crippen LogP contribution in [-0.4, -0.2) is 42.3 Å². The lowest BCUT2D eigenvalue weighted by Crippen LogP contribution is -2.25. The van der Waals surface area contributed by atoms with Crippen LogP contribution >= 0.6 is 23.1 Å². The van der Waals surface area contributed by atoms with Crippen molar-refractivity contribution in [2.24, 2.45) is 0 Å². The van der Waals surface area contributed by atoms with Gasteiger partial charge in [-0.1, -0.05) is 36.0 Å². The fourth-order valence-corrected chi connectivity index (χ4v) is 4.58. The predicted octanol–water partition coefficient (Wildman–Crippen LogP) is 3.56. The zero-order chi connectivity index (χ0) is 21.8. The van der Waals surface area contributed by atoms with Crippen molar-refractivity contribution in [3.8, 4) is 0 Å². The molecule has 3 heterocycles. The van der Waals surface area contributed by atoms with Crippen LogP contribution in [0.25, 0.3) is 0 Å². The Balaban J connectivity index is 1.43. The molecule has 0 aliphatic rings. The molecule has 0 aliphatic heterocycles. The number of rotatable bonds is 8. The molecule has 0 bridgehead atoms. The third-order valence-corrected chi connectivity index (χ3v) is 6.52. The standard InChI is InChI=1S/C21H20N6O2S2/c1-14-11-18(15(2)27(14)23-20(29)16-7-4-3-5-8-16)19(28)13-31-21-22-24-25-26(21)12-17-9-6-10-30-17/h3-11H,12-13H2,1-2H3,(H,23,29). The Morgan fingerprint density at radius 1 is 1.13 bits per heavy atom. The molecule has 0 unspecified atom stereocenters. The molecule has 0 atom stereocenters. The van der Waals surface area contributed by atoms with Crippen LogP contribution < -0.4 is 5.43 Å². The molecule has 4 aromatic rings. The van der Waals surface area contributed by atoms with Crippen molar-refractivity contribution in [3.63, 3.8) is 0 Å². The largest absolute Gasteiger partial charge is 0.293 e. The van der Waals surface area contributed by atoms with Crippen molar-refractivity contribution in [3.05, 3.63) is 81.3 Å². The van der Waals surface area contributed by atoms with Gasteiger partial charge in [0.25, 0.3) is 5.91 Å². The molecule has 0 spiro atoms. The summed E-state index contributed by atoms with van der Waals surface area (Å²) in [6.45, 7) is 4.24. The molecule has 0 aliphatic carbocycles. The number of carbonyl (C=O) groups is 2. The number of nitrogens with zero attached hydrogens (tertiary/aromatic N) is 5. The highest BCUT2D eigenvalue weighted by molar-refractivity contribution is 7.99. The second-order valence-corrected chi connectivity index (χ2v) is 8.81. The molecule has 158 valence electrons. The summed E-state index contributed by atoms with van der Waals surface area (Å²) < 4.78 is 3.33. The van der Waals surface area contributed by atoms with Gasteiger partial charge < -0.3 is 0 Å². The summed E-state index contributed by atoms with van der Waals surface area (Å²) in [5.74, 6) is -0.0885. The molecule has 0 saturated heterocycles. The Labute approximate surface area is 187 Å². The molecule has 0 radical (unpaired) electrons. The molecule has 3 aromatic heterocycles. The Morgan fingerprint density at radius 3 is 2.68 bits per heavy atom. The van der Waals surface area contributed by atoms with Crippen LogP contribution in [-0.2, 0) is 6.54 Å². The number of aryl methyl sites for hydroxylation is 1. The van der Waals surface area contributed by atoms with Gasteiger partial charge in [0.2, 0.25) is 5.16 Å². The molecule has 31 heavy (non-hydrogen) atoms. The molecular weight excluding hydrogens is 432 g/mol. The molecule has 1 amide bonds. The zero-order valence-corrected chi connectivity index (χ0v) is 18.6. The molecule has 1 N–H and O–H groups in total. The minimum absolute atomic E-state index is 0.0519. The van der Waals surface area contributed by atoms with E-state index in [4.69, 9.17) is 0 Å². The zero-order valence-electron chi connectivity index (χ0n) is 17.0. The van der Waals surface area contributed by atoms with Gasteiger partial charge in [0.1, 0.15) is 0 Å². The normalized spacial score (nSPS) is 10.9. The number of thioether (sulfide) groups is 1. The number of amides is 1. The Bertz CT molecular complexity index is 1200. The number of benzene rings is 1. The van der Waals surface area contributed by atoms with E-state index < -0.39 is 0 Å². The fourth-order valence-electron chi connectivity index (χ4n) is 3.13. The van der Waals surface area contributed by atoms with Crippen molar-refractivity contribution in [1.29, 1.82) is 0 Å². The van der Waals surface area contributed by atoms with Crippen molar-refractivity contribution in [2.45, 2.75) is 25.5 Å². The van der Waals surface area contributed by atoms with Gasteiger partial charge in [-0.3, -0.25) is 19.7 Å². The summed E-state index contributed by atoms with van der Waals surface area (Å²) in [7, 11) is 0. The quantitative estimate of drug-likeness (QED) is 0.324. The van der Waals surface area contributed by atoms with Gasteiger partial charge in [-0.25, -0.2) is 4.68 Å². The lowest BCUT2D eigenvalue weighted by atomic mass is 10.2. The van der Waals surface area contributed by atoms with Crippen LogP contribution in [0.3, 0.4) is 0 Å². The maximum absolute atomic E-state index is 12.9. The highest BCUT2D eigenvalue weighted by Crippen LogP contribution is 2.21. The van der Waals surface area contributed by atoms with Gasteiger partial charge in [0.05, 0.1) is 12.3 Å². The van der Waals surface area contributed by atoms with Crippen molar-refractivity contribution >= 4 is 34.8 Å². The summed E-state index contributed by atoms with van der Waals surface area (Å²) in [4.78, 5) is 26.5. The monoisotopic (exact) mass is 452 g/mol. The van der Waals surface area contributed by atoms with Crippen molar-refractivity contribution in [2.75, 3.05) is 11.2 Å². The average Bonchev–Trinajstić information content (AvgIpc) is 3.51. The number of Topliss-reactive ketones (excluding diaryl/α,β-unsaturated/α-hetero) is 1. The second kappa shape index (κ2) is 9.27. The van der Waals surface area contributed by atoms with Gasteiger partial charge in [0.15, 0.2) is 5.78 Å². The topological polar surface area (TPSA) is 94.7 Å². The van der Waals surface area contributed by atoms with Gasteiger partial charge >= 0.3 is 0 Å². The summed E-state index contributed by atoms with van der Waals surface area (Å²) in [6.07, 6.45) is 0. The Kier molecular flexibility index (Phi) is 6.28. The van der Waals surface area contributed by atoms with Crippen LogP contribution in [0.4, 0.5) is 0 Å². The van der Waals surface area contributed by atoms with Gasteiger partial charge in [-0.05, 0) is 53.9 Å². The molecule has 4 rings (SSSR count). The lowest BCUT2D eigenvalue weighted by molar-refractivity contribution is 0.0999. The summed E-state index contributed by atoms with van der Waals surface area (Å²) in [5.41, 5.74) is 5.44. The van der Waals surface area contributed by atoms with E-state index in [1.54, 1.807) is 38.9 Å². The number of tetrazole rings is 1. The summed E-state index contributed by atoms with van der Waals surface area (Å²) >= 11 is 2.93. The SMILES string of the molecule is Cc1cc(C(=O)CSc2nnnn2Cc2cccs2)c(C)n1NC(=O)c1ccccc1. The van der Waals surface area contributed by atoms with Gasteiger partial charge in [-0.2, -0.15) is 0 Å². The first-order valence-corrected chi connectivity index (χ1v) is 11.4. The highest BCUT2D eigenvalue weighted by atomic mass is 32.2. The first kappa shape index (κ1) is 21.0. The lowest BCUT2D eigenvalue weighted by Gasteiger charge is -2.11. The third-order valence-electron chi connectivity index (χ3n) is 4.70. The van der Waals surface area contributed by atoms with Crippen LogP contribution in [0.1, 0.15) is 37.0 Å². The number of hydrogen-bond donors (Lipinski definition) is 1. The average molecular weight is 453 g/mol. The first-order chi connectivity index (χ1) is 15.0. The van der Waals surface area contributed by atoms with Crippen LogP contribution in [0.15, 0.2) is 59.1 Å². The van der Waals surface area contributed by atoms with E-state index in [9.17, 15) is 9.59 Å². The maximum atomic E-state index is 12.9.